The van der Waals surface area contributed by atoms with Crippen molar-refractivity contribution in [1.29, 1.82) is 0 Å². The third-order valence-corrected chi connectivity index (χ3v) is 3.46. The summed E-state index contributed by atoms with van der Waals surface area (Å²) >= 11 is 0. The number of rotatable bonds is 4. The fourth-order valence-corrected chi connectivity index (χ4v) is 2.49. The molecule has 2 heterocycles. The monoisotopic (exact) mass is 266 g/mol. The average Bonchev–Trinajstić information content (AvgIpc) is 2.75. The zero-order chi connectivity index (χ0) is 14.0. The first-order valence-electron chi connectivity index (χ1n) is 6.33. The van der Waals surface area contributed by atoms with Crippen LogP contribution in [0.4, 0.5) is 0 Å². The van der Waals surface area contributed by atoms with Gasteiger partial charge in [-0.15, -0.1) is 0 Å². The van der Waals surface area contributed by atoms with Crippen LogP contribution < -0.4 is 17.0 Å². The van der Waals surface area contributed by atoms with Crippen molar-refractivity contribution in [2.75, 3.05) is 13.1 Å². The number of likely N-dealkylation sites (tertiary alicyclic amines) is 1. The van der Waals surface area contributed by atoms with Crippen LogP contribution in [0.5, 0.6) is 0 Å². The van der Waals surface area contributed by atoms with Gasteiger partial charge in [-0.3, -0.25) is 19.1 Å². The molecule has 104 valence electrons. The molecule has 1 saturated heterocycles. The molecule has 0 radical (unpaired) electrons. The van der Waals surface area contributed by atoms with E-state index >= 15 is 0 Å². The van der Waals surface area contributed by atoms with Crippen LogP contribution >= 0.6 is 0 Å². The number of aromatic amines is 1. The number of nitrogens with two attached hydrogens (primary N) is 1. The molecule has 19 heavy (non-hydrogen) atoms. The van der Waals surface area contributed by atoms with E-state index in [1.54, 1.807) is 6.92 Å². The molecule has 0 bridgehead atoms. The van der Waals surface area contributed by atoms with E-state index in [4.69, 9.17) is 5.73 Å². The van der Waals surface area contributed by atoms with Crippen LogP contribution in [-0.2, 0) is 11.3 Å². The van der Waals surface area contributed by atoms with Gasteiger partial charge in [-0.2, -0.15) is 0 Å². The SMILES string of the molecule is Cc1cc(=O)n(CCN2CCC[C@@H]2C(N)=O)c(=O)[nH]1. The van der Waals surface area contributed by atoms with E-state index in [2.05, 4.69) is 4.98 Å². The largest absolute Gasteiger partial charge is 0.368 e. The lowest BCUT2D eigenvalue weighted by atomic mass is 10.2. The Bertz CT molecular complexity index is 558. The number of aryl methyl sites for hydroxylation is 1. The Balaban J connectivity index is 2.09. The second-order valence-electron chi connectivity index (χ2n) is 4.84. The number of hydrogen-bond donors (Lipinski definition) is 2. The van der Waals surface area contributed by atoms with Crippen LogP contribution in [0.1, 0.15) is 18.5 Å². The van der Waals surface area contributed by atoms with E-state index in [9.17, 15) is 14.4 Å². The maximum atomic E-state index is 11.7. The first-order chi connectivity index (χ1) is 8.99. The highest BCUT2D eigenvalue weighted by molar-refractivity contribution is 5.80. The second kappa shape index (κ2) is 5.40. The van der Waals surface area contributed by atoms with E-state index in [1.165, 1.54) is 6.07 Å². The number of nitrogens with one attached hydrogen (secondary N) is 1. The van der Waals surface area contributed by atoms with Gasteiger partial charge in [0.1, 0.15) is 0 Å². The first-order valence-corrected chi connectivity index (χ1v) is 6.33. The fourth-order valence-electron chi connectivity index (χ4n) is 2.49. The predicted octanol–water partition coefficient (Wildman–Crippen LogP) is -1.21. The Labute approximate surface area is 110 Å². The third-order valence-electron chi connectivity index (χ3n) is 3.46. The second-order valence-corrected chi connectivity index (χ2v) is 4.84. The normalized spacial score (nSPS) is 19.7. The minimum atomic E-state index is -0.417. The summed E-state index contributed by atoms with van der Waals surface area (Å²) in [5, 5.41) is 0. The van der Waals surface area contributed by atoms with Crippen LogP contribution in [-0.4, -0.2) is 39.5 Å². The van der Waals surface area contributed by atoms with Gasteiger partial charge in [0.15, 0.2) is 0 Å². The highest BCUT2D eigenvalue weighted by Gasteiger charge is 2.28. The molecule has 1 fully saturated rings. The van der Waals surface area contributed by atoms with Crippen molar-refractivity contribution < 1.29 is 4.79 Å². The Morgan fingerprint density at radius 3 is 2.84 bits per heavy atom. The maximum absolute atomic E-state index is 11.7. The molecule has 0 spiro atoms. The molecule has 1 aromatic heterocycles. The van der Waals surface area contributed by atoms with Gasteiger partial charge in [0.2, 0.25) is 5.91 Å². The lowest BCUT2D eigenvalue weighted by Gasteiger charge is -2.21. The summed E-state index contributed by atoms with van der Waals surface area (Å²) in [4.78, 5) is 39.1. The zero-order valence-corrected chi connectivity index (χ0v) is 10.9. The fraction of sp³-hybridized carbons (Fsp3) is 0.583. The van der Waals surface area contributed by atoms with Gasteiger partial charge < -0.3 is 10.7 Å². The zero-order valence-electron chi connectivity index (χ0n) is 10.9. The van der Waals surface area contributed by atoms with E-state index in [0.29, 0.717) is 12.2 Å². The molecule has 1 aliphatic heterocycles. The molecular formula is C12H18N4O3. The predicted molar refractivity (Wildman–Crippen MR) is 69.8 cm³/mol. The van der Waals surface area contributed by atoms with Gasteiger partial charge >= 0.3 is 5.69 Å². The molecule has 1 aromatic rings. The molecule has 1 atom stereocenters. The van der Waals surface area contributed by atoms with E-state index < -0.39 is 5.69 Å². The van der Waals surface area contributed by atoms with Gasteiger partial charge in [0.05, 0.1) is 6.04 Å². The van der Waals surface area contributed by atoms with Crippen molar-refractivity contribution in [2.45, 2.75) is 32.4 Å². The summed E-state index contributed by atoms with van der Waals surface area (Å²) in [7, 11) is 0. The number of carbonyl (C=O) groups excluding carboxylic acids is 1. The smallest absolute Gasteiger partial charge is 0.328 e. The summed E-state index contributed by atoms with van der Waals surface area (Å²) in [6, 6.07) is 1.11. The number of amides is 1. The highest BCUT2D eigenvalue weighted by atomic mass is 16.2. The topological polar surface area (TPSA) is 101 Å². The molecule has 3 N–H and O–H groups in total. The molecule has 0 aliphatic carbocycles. The van der Waals surface area contributed by atoms with Gasteiger partial charge in [0.25, 0.3) is 5.56 Å². The Morgan fingerprint density at radius 2 is 2.21 bits per heavy atom. The van der Waals surface area contributed by atoms with Crippen LogP contribution in [0.25, 0.3) is 0 Å². The van der Waals surface area contributed by atoms with Gasteiger partial charge in [-0.25, -0.2) is 4.79 Å². The van der Waals surface area contributed by atoms with Crippen molar-refractivity contribution in [3.8, 4) is 0 Å². The number of carbonyl (C=O) groups is 1. The number of hydrogen-bond acceptors (Lipinski definition) is 4. The molecule has 0 aromatic carbocycles. The molecule has 1 aliphatic rings. The Morgan fingerprint density at radius 1 is 1.47 bits per heavy atom. The lowest BCUT2D eigenvalue weighted by molar-refractivity contribution is -0.122. The van der Waals surface area contributed by atoms with Gasteiger partial charge in [0, 0.05) is 24.8 Å². The van der Waals surface area contributed by atoms with Gasteiger partial charge in [-0.05, 0) is 26.3 Å². The Kier molecular flexibility index (Phi) is 3.84. The van der Waals surface area contributed by atoms with Crippen molar-refractivity contribution >= 4 is 5.91 Å². The molecule has 0 unspecified atom stereocenters. The minimum Gasteiger partial charge on any atom is -0.368 e. The average molecular weight is 266 g/mol. The molecule has 2 rings (SSSR count). The summed E-state index contributed by atoms with van der Waals surface area (Å²) in [5.74, 6) is -0.345. The quantitative estimate of drug-likeness (QED) is 0.714. The highest BCUT2D eigenvalue weighted by Crippen LogP contribution is 2.15. The van der Waals surface area contributed by atoms with E-state index in [1.807, 2.05) is 4.90 Å². The summed E-state index contributed by atoms with van der Waals surface area (Å²) in [5.41, 5.74) is 5.12. The summed E-state index contributed by atoms with van der Waals surface area (Å²) in [6.45, 7) is 3.17. The van der Waals surface area contributed by atoms with E-state index in [0.717, 1.165) is 24.0 Å². The van der Waals surface area contributed by atoms with Crippen LogP contribution in [0.15, 0.2) is 15.7 Å². The van der Waals surface area contributed by atoms with Crippen molar-refractivity contribution in [2.24, 2.45) is 5.73 Å². The Hall–Kier alpha value is -1.89. The maximum Gasteiger partial charge on any atom is 0.328 e. The third kappa shape index (κ3) is 2.93. The van der Waals surface area contributed by atoms with E-state index in [-0.39, 0.29) is 24.1 Å². The molecular weight excluding hydrogens is 248 g/mol. The molecule has 7 nitrogen and oxygen atoms in total. The van der Waals surface area contributed by atoms with Crippen LogP contribution in [0.2, 0.25) is 0 Å². The summed E-state index contributed by atoms with van der Waals surface area (Å²) in [6.07, 6.45) is 1.65. The summed E-state index contributed by atoms with van der Waals surface area (Å²) < 4.78 is 1.14. The number of nitrogens with zero attached hydrogens (tertiary/aromatic N) is 2. The number of aromatic nitrogens is 2. The van der Waals surface area contributed by atoms with Gasteiger partial charge in [-0.1, -0.05) is 0 Å². The lowest BCUT2D eigenvalue weighted by Crippen LogP contribution is -2.44. The number of H-pyrrole nitrogens is 1. The molecule has 7 heteroatoms. The minimum absolute atomic E-state index is 0.262. The van der Waals surface area contributed by atoms with Crippen molar-refractivity contribution in [3.63, 3.8) is 0 Å². The van der Waals surface area contributed by atoms with Crippen molar-refractivity contribution in [3.05, 3.63) is 32.6 Å². The number of primary amides is 1. The standard InChI is InChI=1S/C12H18N4O3/c1-8-7-10(17)16(12(19)14-8)6-5-15-4-2-3-9(15)11(13)18/h7,9H,2-6H2,1H3,(H2,13,18)(H,14,19)/t9-/m1/s1. The van der Waals surface area contributed by atoms with Crippen molar-refractivity contribution in [1.82, 2.24) is 14.5 Å². The first kappa shape index (κ1) is 13.5. The van der Waals surface area contributed by atoms with Crippen LogP contribution in [0.3, 0.4) is 0 Å². The molecule has 0 saturated carbocycles. The molecule has 1 amide bonds. The van der Waals surface area contributed by atoms with Crippen LogP contribution in [0, 0.1) is 6.92 Å².